The molecule has 0 aromatic heterocycles. The van der Waals surface area contributed by atoms with Crippen molar-refractivity contribution in [3.8, 4) is 0 Å². The van der Waals surface area contributed by atoms with E-state index in [4.69, 9.17) is 16.3 Å². The summed E-state index contributed by atoms with van der Waals surface area (Å²) in [5.74, 6) is -1.40. The Kier molecular flexibility index (Phi) is 3.97. The molecule has 0 heterocycles. The molecule has 16 heavy (non-hydrogen) atoms. The minimum atomic E-state index is -0.706. The van der Waals surface area contributed by atoms with Gasteiger partial charge < -0.3 is 4.74 Å². The predicted molar refractivity (Wildman–Crippen MR) is 64.3 cm³/mol. The van der Waals surface area contributed by atoms with Gasteiger partial charge in [-0.2, -0.15) is 0 Å². The molecule has 0 unspecified atom stereocenters. The van der Waals surface area contributed by atoms with E-state index >= 15 is 0 Å². The van der Waals surface area contributed by atoms with Gasteiger partial charge in [0.05, 0.1) is 10.6 Å². The molecule has 0 spiro atoms. The third-order valence-corrected chi connectivity index (χ3v) is 2.83. The average molecular weight is 310 g/mol. The van der Waals surface area contributed by atoms with Gasteiger partial charge in [0, 0.05) is 4.47 Å². The van der Waals surface area contributed by atoms with Crippen LogP contribution >= 0.6 is 27.5 Å². The zero-order valence-electron chi connectivity index (χ0n) is 9.11. The lowest BCUT2D eigenvalue weighted by Crippen LogP contribution is -2.24. The number of hydrogen-bond donors (Lipinski definition) is 0. The molecule has 0 atom stereocenters. The number of carbonyl (C=O) groups excluding carboxylic acids is 1. The first-order valence-corrected chi connectivity index (χ1v) is 5.75. The summed E-state index contributed by atoms with van der Waals surface area (Å²) in [6, 6.07) is 2.39. The van der Waals surface area contributed by atoms with E-state index < -0.39 is 17.4 Å². The second kappa shape index (κ2) is 4.72. The van der Waals surface area contributed by atoms with Gasteiger partial charge in [-0.15, -0.1) is 0 Å². The van der Waals surface area contributed by atoms with E-state index in [9.17, 15) is 9.18 Å². The molecule has 88 valence electrons. The number of esters is 1. The van der Waals surface area contributed by atoms with Gasteiger partial charge in [-0.1, -0.05) is 11.6 Å². The van der Waals surface area contributed by atoms with Crippen molar-refractivity contribution in [3.63, 3.8) is 0 Å². The van der Waals surface area contributed by atoms with Crippen LogP contribution in [0.2, 0.25) is 5.02 Å². The van der Waals surface area contributed by atoms with E-state index in [1.165, 1.54) is 6.07 Å². The molecule has 0 aliphatic heterocycles. The van der Waals surface area contributed by atoms with Crippen LogP contribution < -0.4 is 0 Å². The molecule has 5 heteroatoms. The van der Waals surface area contributed by atoms with Crippen LogP contribution in [0.3, 0.4) is 0 Å². The zero-order chi connectivity index (χ0) is 12.5. The normalized spacial score (nSPS) is 11.4. The summed E-state index contributed by atoms with van der Waals surface area (Å²) in [4.78, 5) is 11.6. The van der Waals surface area contributed by atoms with Gasteiger partial charge in [0.25, 0.3) is 0 Å². The minimum absolute atomic E-state index is 0.133. The monoisotopic (exact) mass is 308 g/mol. The smallest absolute Gasteiger partial charge is 0.341 e. The summed E-state index contributed by atoms with van der Waals surface area (Å²) in [7, 11) is 0. The van der Waals surface area contributed by atoms with Gasteiger partial charge in [-0.25, -0.2) is 9.18 Å². The topological polar surface area (TPSA) is 26.3 Å². The SMILES string of the molecule is CC(C)(C)OC(=O)c1cc(Br)c(Cl)cc1F. The molecule has 0 radical (unpaired) electrons. The van der Waals surface area contributed by atoms with Gasteiger partial charge in [-0.3, -0.25) is 0 Å². The summed E-state index contributed by atoms with van der Waals surface area (Å²) >= 11 is 8.81. The molecule has 0 aliphatic carbocycles. The number of carbonyl (C=O) groups is 1. The van der Waals surface area contributed by atoms with Crippen LogP contribution in [0.25, 0.3) is 0 Å². The fourth-order valence-corrected chi connectivity index (χ4v) is 1.51. The molecule has 0 fully saturated rings. The summed E-state index contributed by atoms with van der Waals surface area (Å²) in [6.07, 6.45) is 0. The van der Waals surface area contributed by atoms with E-state index in [0.717, 1.165) is 6.07 Å². The Hall–Kier alpha value is -0.610. The Balaban J connectivity index is 3.05. The van der Waals surface area contributed by atoms with Crippen LogP contribution in [0.1, 0.15) is 31.1 Å². The standard InChI is InChI=1S/C11H11BrClFO2/c1-11(2,3)16-10(15)6-4-7(12)8(13)5-9(6)14/h4-5H,1-3H3. The van der Waals surface area contributed by atoms with Crippen LogP contribution in [0.5, 0.6) is 0 Å². The van der Waals surface area contributed by atoms with Gasteiger partial charge in [0.15, 0.2) is 0 Å². The summed E-state index contributed by atoms with van der Waals surface area (Å²) < 4.78 is 19.0. The fraction of sp³-hybridized carbons (Fsp3) is 0.364. The second-order valence-corrected chi connectivity index (χ2v) is 5.51. The summed E-state index contributed by atoms with van der Waals surface area (Å²) in [6.45, 7) is 5.15. The van der Waals surface area contributed by atoms with Crippen LogP contribution in [0.15, 0.2) is 16.6 Å². The Morgan fingerprint density at radius 2 is 2.00 bits per heavy atom. The quantitative estimate of drug-likeness (QED) is 0.574. The second-order valence-electron chi connectivity index (χ2n) is 4.25. The van der Waals surface area contributed by atoms with E-state index in [1.54, 1.807) is 20.8 Å². The molecule has 0 N–H and O–H groups in total. The van der Waals surface area contributed by atoms with Crippen molar-refractivity contribution in [2.24, 2.45) is 0 Å². The van der Waals surface area contributed by atoms with Crippen molar-refractivity contribution < 1.29 is 13.9 Å². The fourth-order valence-electron chi connectivity index (χ4n) is 1.01. The zero-order valence-corrected chi connectivity index (χ0v) is 11.4. The molecule has 0 aliphatic rings. The highest BCUT2D eigenvalue weighted by Gasteiger charge is 2.21. The molecule has 0 saturated heterocycles. The van der Waals surface area contributed by atoms with Crippen molar-refractivity contribution in [2.45, 2.75) is 26.4 Å². The first-order chi connectivity index (χ1) is 7.20. The van der Waals surface area contributed by atoms with Gasteiger partial charge in [0.2, 0.25) is 0 Å². The Labute approximate surface area is 107 Å². The molecule has 0 bridgehead atoms. The van der Waals surface area contributed by atoms with E-state index in [-0.39, 0.29) is 10.6 Å². The maximum atomic E-state index is 13.4. The molecule has 1 rings (SSSR count). The first-order valence-electron chi connectivity index (χ1n) is 4.58. The minimum Gasteiger partial charge on any atom is -0.456 e. The Morgan fingerprint density at radius 3 is 2.50 bits per heavy atom. The van der Waals surface area contributed by atoms with E-state index in [0.29, 0.717) is 4.47 Å². The largest absolute Gasteiger partial charge is 0.456 e. The number of hydrogen-bond acceptors (Lipinski definition) is 2. The highest BCUT2D eigenvalue weighted by Crippen LogP contribution is 2.26. The van der Waals surface area contributed by atoms with Crippen molar-refractivity contribution in [2.75, 3.05) is 0 Å². The van der Waals surface area contributed by atoms with Crippen LogP contribution in [0.4, 0.5) is 4.39 Å². The third kappa shape index (κ3) is 3.46. The van der Waals surface area contributed by atoms with Gasteiger partial charge in [-0.05, 0) is 48.8 Å². The van der Waals surface area contributed by atoms with E-state index in [2.05, 4.69) is 15.9 Å². The lowest BCUT2D eigenvalue weighted by atomic mass is 10.1. The Bertz CT molecular complexity index is 427. The summed E-state index contributed by atoms with van der Waals surface area (Å²) in [5, 5.41) is 0.213. The average Bonchev–Trinajstić information content (AvgIpc) is 2.08. The molecule has 1 aromatic carbocycles. The van der Waals surface area contributed by atoms with Gasteiger partial charge in [0.1, 0.15) is 11.4 Å². The molecule has 2 nitrogen and oxygen atoms in total. The number of halogens is 3. The Morgan fingerprint density at radius 1 is 1.44 bits per heavy atom. The maximum Gasteiger partial charge on any atom is 0.341 e. The molecular weight excluding hydrogens is 298 g/mol. The highest BCUT2D eigenvalue weighted by molar-refractivity contribution is 9.10. The lowest BCUT2D eigenvalue weighted by Gasteiger charge is -2.19. The van der Waals surface area contributed by atoms with Crippen molar-refractivity contribution in [3.05, 3.63) is 33.0 Å². The number of rotatable bonds is 1. The lowest BCUT2D eigenvalue weighted by molar-refractivity contribution is 0.00647. The van der Waals surface area contributed by atoms with Crippen LogP contribution in [-0.4, -0.2) is 11.6 Å². The third-order valence-electron chi connectivity index (χ3n) is 1.63. The van der Waals surface area contributed by atoms with Gasteiger partial charge >= 0.3 is 5.97 Å². The molecule has 0 amide bonds. The molecule has 0 saturated carbocycles. The van der Waals surface area contributed by atoms with Crippen LogP contribution in [0, 0.1) is 5.82 Å². The highest BCUT2D eigenvalue weighted by atomic mass is 79.9. The number of ether oxygens (including phenoxy) is 1. The predicted octanol–water partition coefficient (Wildman–Crippen LogP) is 4.20. The van der Waals surface area contributed by atoms with E-state index in [1.807, 2.05) is 0 Å². The number of benzene rings is 1. The van der Waals surface area contributed by atoms with Crippen molar-refractivity contribution in [1.29, 1.82) is 0 Å². The molecule has 1 aromatic rings. The molecular formula is C11H11BrClFO2. The van der Waals surface area contributed by atoms with Crippen LogP contribution in [-0.2, 0) is 4.74 Å². The van der Waals surface area contributed by atoms with Crippen molar-refractivity contribution in [1.82, 2.24) is 0 Å². The van der Waals surface area contributed by atoms with Crippen molar-refractivity contribution >= 4 is 33.5 Å². The first kappa shape index (κ1) is 13.5. The maximum absolute atomic E-state index is 13.4. The summed E-state index contributed by atoms with van der Waals surface area (Å²) in [5.41, 5.74) is -0.790.